The van der Waals surface area contributed by atoms with E-state index in [1.165, 1.54) is 17.7 Å². The molecule has 0 saturated carbocycles. The van der Waals surface area contributed by atoms with Crippen molar-refractivity contribution in [1.82, 2.24) is 4.57 Å². The molecule has 0 radical (unpaired) electrons. The zero-order valence-electron chi connectivity index (χ0n) is 14.4. The summed E-state index contributed by atoms with van der Waals surface area (Å²) in [6.45, 7) is 6.21. The molecular formula is C20H19N3O2. The Balaban J connectivity index is 1.91. The third-order valence-corrected chi connectivity index (χ3v) is 4.14. The molecule has 0 aliphatic heterocycles. The first-order valence-corrected chi connectivity index (χ1v) is 8.00. The Hall–Kier alpha value is -3.21. The highest BCUT2D eigenvalue weighted by molar-refractivity contribution is 5.84. The number of hydrogen-bond donors (Lipinski definition) is 0. The molecule has 0 unspecified atom stereocenters. The molecule has 0 aliphatic rings. The lowest BCUT2D eigenvalue weighted by Crippen LogP contribution is -1.99. The lowest BCUT2D eigenvalue weighted by molar-refractivity contribution is -0.384. The summed E-state index contributed by atoms with van der Waals surface area (Å²) in [6, 6.07) is 16.7. The van der Waals surface area contributed by atoms with Crippen LogP contribution in [-0.4, -0.2) is 15.7 Å². The predicted octanol–water partition coefficient (Wildman–Crippen LogP) is 5.06. The van der Waals surface area contributed by atoms with Crippen LogP contribution >= 0.6 is 0 Å². The Kier molecular flexibility index (Phi) is 4.48. The summed E-state index contributed by atoms with van der Waals surface area (Å²) in [5, 5.41) is 10.7. The fraction of sp³-hybridized carbons (Fsp3) is 0.150. The molecule has 3 rings (SSSR count). The molecule has 5 nitrogen and oxygen atoms in total. The van der Waals surface area contributed by atoms with E-state index in [0.29, 0.717) is 5.69 Å². The van der Waals surface area contributed by atoms with Gasteiger partial charge in [0.2, 0.25) is 0 Å². The van der Waals surface area contributed by atoms with Gasteiger partial charge in [-0.25, -0.2) is 0 Å². The van der Waals surface area contributed by atoms with E-state index >= 15 is 0 Å². The van der Waals surface area contributed by atoms with Crippen molar-refractivity contribution in [3.8, 4) is 5.69 Å². The number of aryl methyl sites for hydroxylation is 2. The van der Waals surface area contributed by atoms with Gasteiger partial charge in [-0.1, -0.05) is 12.1 Å². The molecule has 0 amide bonds. The van der Waals surface area contributed by atoms with E-state index in [-0.39, 0.29) is 5.69 Å². The second kappa shape index (κ2) is 6.73. The Morgan fingerprint density at radius 3 is 2.40 bits per heavy atom. The van der Waals surface area contributed by atoms with Crippen molar-refractivity contribution in [3.05, 3.63) is 87.2 Å². The number of aliphatic imine (C=N–C) groups is 1. The number of nitrogens with zero attached hydrogens (tertiary/aromatic N) is 3. The lowest BCUT2D eigenvalue weighted by Gasteiger charge is -2.10. The third-order valence-electron chi connectivity index (χ3n) is 4.14. The van der Waals surface area contributed by atoms with E-state index in [1.807, 2.05) is 6.07 Å². The van der Waals surface area contributed by atoms with Crippen LogP contribution in [0.5, 0.6) is 0 Å². The SMILES string of the molecule is Cc1cccc(-n2c(C)cc(C=Nc3ccc([N+](=O)[O-])cc3)c2C)c1. The number of nitro groups is 1. The molecule has 0 atom stereocenters. The summed E-state index contributed by atoms with van der Waals surface area (Å²) < 4.78 is 2.20. The van der Waals surface area contributed by atoms with Crippen LogP contribution in [0.25, 0.3) is 5.69 Å². The van der Waals surface area contributed by atoms with Crippen molar-refractivity contribution in [1.29, 1.82) is 0 Å². The summed E-state index contributed by atoms with van der Waals surface area (Å²) in [6.07, 6.45) is 1.80. The van der Waals surface area contributed by atoms with Gasteiger partial charge in [0.1, 0.15) is 0 Å². The van der Waals surface area contributed by atoms with Crippen LogP contribution in [0.3, 0.4) is 0 Å². The van der Waals surface area contributed by atoms with Crippen LogP contribution in [0.2, 0.25) is 0 Å². The molecule has 1 aromatic heterocycles. The molecule has 126 valence electrons. The third kappa shape index (κ3) is 3.50. The fourth-order valence-electron chi connectivity index (χ4n) is 2.89. The Morgan fingerprint density at radius 2 is 1.76 bits per heavy atom. The summed E-state index contributed by atoms with van der Waals surface area (Å²) in [5.74, 6) is 0. The van der Waals surface area contributed by atoms with E-state index in [2.05, 4.69) is 54.6 Å². The maximum atomic E-state index is 10.7. The van der Waals surface area contributed by atoms with Gasteiger partial charge in [0.25, 0.3) is 5.69 Å². The molecule has 0 saturated heterocycles. The van der Waals surface area contributed by atoms with Gasteiger partial charge in [0, 0.05) is 41.0 Å². The van der Waals surface area contributed by atoms with Crippen molar-refractivity contribution in [2.75, 3.05) is 0 Å². The van der Waals surface area contributed by atoms with Crippen LogP contribution in [-0.2, 0) is 0 Å². The van der Waals surface area contributed by atoms with Crippen LogP contribution in [0.4, 0.5) is 11.4 Å². The number of nitro benzene ring substituents is 1. The van der Waals surface area contributed by atoms with E-state index in [9.17, 15) is 10.1 Å². The predicted molar refractivity (Wildman–Crippen MR) is 100 cm³/mol. The van der Waals surface area contributed by atoms with Gasteiger partial charge in [-0.3, -0.25) is 15.1 Å². The monoisotopic (exact) mass is 333 g/mol. The second-order valence-corrected chi connectivity index (χ2v) is 6.03. The molecule has 0 bridgehead atoms. The first-order valence-electron chi connectivity index (χ1n) is 8.00. The normalized spacial score (nSPS) is 11.2. The fourth-order valence-corrected chi connectivity index (χ4v) is 2.89. The average Bonchev–Trinajstić information content (AvgIpc) is 2.87. The highest BCUT2D eigenvalue weighted by Crippen LogP contribution is 2.22. The zero-order valence-corrected chi connectivity index (χ0v) is 14.4. The number of rotatable bonds is 4. The molecule has 2 aromatic carbocycles. The minimum absolute atomic E-state index is 0.0663. The summed E-state index contributed by atoms with van der Waals surface area (Å²) >= 11 is 0. The molecule has 0 spiro atoms. The Bertz CT molecular complexity index is 954. The quantitative estimate of drug-likeness (QED) is 0.380. The zero-order chi connectivity index (χ0) is 18.0. The molecule has 1 heterocycles. The minimum Gasteiger partial charge on any atom is -0.318 e. The number of non-ortho nitro benzene ring substituents is 1. The number of hydrogen-bond acceptors (Lipinski definition) is 3. The Labute approximate surface area is 146 Å². The van der Waals surface area contributed by atoms with Gasteiger partial charge in [-0.15, -0.1) is 0 Å². The maximum Gasteiger partial charge on any atom is 0.269 e. The van der Waals surface area contributed by atoms with Gasteiger partial charge in [0.05, 0.1) is 10.6 Å². The average molecular weight is 333 g/mol. The molecule has 0 N–H and O–H groups in total. The van der Waals surface area contributed by atoms with Gasteiger partial charge in [-0.2, -0.15) is 0 Å². The van der Waals surface area contributed by atoms with Crippen molar-refractivity contribution < 1.29 is 4.92 Å². The molecule has 0 fully saturated rings. The smallest absolute Gasteiger partial charge is 0.269 e. The topological polar surface area (TPSA) is 60.4 Å². The van der Waals surface area contributed by atoms with E-state index < -0.39 is 4.92 Å². The van der Waals surface area contributed by atoms with Gasteiger partial charge >= 0.3 is 0 Å². The first kappa shape index (κ1) is 16.6. The first-order chi connectivity index (χ1) is 12.0. The number of benzene rings is 2. The lowest BCUT2D eigenvalue weighted by atomic mass is 10.2. The van der Waals surface area contributed by atoms with Crippen LogP contribution in [0.15, 0.2) is 59.6 Å². The number of aromatic nitrogens is 1. The van der Waals surface area contributed by atoms with Crippen molar-refractivity contribution >= 4 is 17.6 Å². The highest BCUT2D eigenvalue weighted by atomic mass is 16.6. The summed E-state index contributed by atoms with van der Waals surface area (Å²) in [5.41, 5.74) is 6.36. The van der Waals surface area contributed by atoms with Gasteiger partial charge in [-0.05, 0) is 56.7 Å². The highest BCUT2D eigenvalue weighted by Gasteiger charge is 2.09. The largest absolute Gasteiger partial charge is 0.318 e. The van der Waals surface area contributed by atoms with E-state index in [0.717, 1.165) is 22.6 Å². The second-order valence-electron chi connectivity index (χ2n) is 6.03. The van der Waals surface area contributed by atoms with Crippen molar-refractivity contribution in [3.63, 3.8) is 0 Å². The van der Waals surface area contributed by atoms with Crippen LogP contribution in [0, 0.1) is 30.9 Å². The van der Waals surface area contributed by atoms with Gasteiger partial charge in [0.15, 0.2) is 0 Å². The molecular weight excluding hydrogens is 314 g/mol. The summed E-state index contributed by atoms with van der Waals surface area (Å²) in [4.78, 5) is 14.7. The molecule has 25 heavy (non-hydrogen) atoms. The maximum absolute atomic E-state index is 10.7. The minimum atomic E-state index is -0.414. The van der Waals surface area contributed by atoms with E-state index in [4.69, 9.17) is 0 Å². The van der Waals surface area contributed by atoms with E-state index in [1.54, 1.807) is 18.3 Å². The van der Waals surface area contributed by atoms with Crippen LogP contribution < -0.4 is 0 Å². The van der Waals surface area contributed by atoms with Crippen molar-refractivity contribution in [2.45, 2.75) is 20.8 Å². The van der Waals surface area contributed by atoms with Gasteiger partial charge < -0.3 is 4.57 Å². The Morgan fingerprint density at radius 1 is 1.04 bits per heavy atom. The standard InChI is InChI=1S/C20H19N3O2/c1-14-5-4-6-20(11-14)22-15(2)12-17(16(22)3)13-21-18-7-9-19(10-8-18)23(24)25/h4-13H,1-3H3. The molecule has 5 heteroatoms. The van der Waals surface area contributed by atoms with Crippen molar-refractivity contribution in [2.24, 2.45) is 4.99 Å². The van der Waals surface area contributed by atoms with Crippen LogP contribution in [0.1, 0.15) is 22.5 Å². The summed E-state index contributed by atoms with van der Waals surface area (Å²) in [7, 11) is 0. The molecule has 0 aliphatic carbocycles. The molecule has 3 aromatic rings.